The predicted molar refractivity (Wildman–Crippen MR) is 35.0 cm³/mol. The predicted octanol–water partition coefficient (Wildman–Crippen LogP) is 1.08. The minimum atomic E-state index is -4.42. The molecular formula is C6H10F3NO. The lowest BCUT2D eigenvalue weighted by molar-refractivity contribution is -0.0967. The SMILES string of the molecule is C=C(C(N)COC)C(F)(F)F. The molecule has 1 atom stereocenters. The Kier molecular flexibility index (Phi) is 3.54. The van der Waals surface area contributed by atoms with Crippen LogP contribution in [0, 0.1) is 0 Å². The smallest absolute Gasteiger partial charge is 0.383 e. The molecule has 0 heterocycles. The van der Waals surface area contributed by atoms with Gasteiger partial charge in [0.2, 0.25) is 0 Å². The Labute approximate surface area is 62.8 Å². The van der Waals surface area contributed by atoms with Gasteiger partial charge < -0.3 is 10.5 Å². The third kappa shape index (κ3) is 3.38. The fraction of sp³-hybridized carbons (Fsp3) is 0.667. The normalized spacial score (nSPS) is 14.6. The fourth-order valence-corrected chi connectivity index (χ4v) is 0.490. The van der Waals surface area contributed by atoms with E-state index < -0.39 is 17.8 Å². The topological polar surface area (TPSA) is 35.2 Å². The van der Waals surface area contributed by atoms with Gasteiger partial charge in [0, 0.05) is 12.7 Å². The van der Waals surface area contributed by atoms with Gasteiger partial charge in [0.1, 0.15) is 0 Å². The summed E-state index contributed by atoms with van der Waals surface area (Å²) in [5.74, 6) is 0. The number of nitrogens with two attached hydrogens (primary N) is 1. The van der Waals surface area contributed by atoms with Crippen molar-refractivity contribution in [2.24, 2.45) is 5.73 Å². The average molecular weight is 169 g/mol. The summed E-state index contributed by atoms with van der Waals surface area (Å²) in [6.45, 7) is 2.65. The van der Waals surface area contributed by atoms with Gasteiger partial charge in [0.25, 0.3) is 0 Å². The number of hydrogen-bond acceptors (Lipinski definition) is 2. The van der Waals surface area contributed by atoms with Crippen LogP contribution in [0.15, 0.2) is 12.2 Å². The Morgan fingerprint density at radius 2 is 2.09 bits per heavy atom. The van der Waals surface area contributed by atoms with E-state index in [0.29, 0.717) is 0 Å². The minimum absolute atomic E-state index is 0.168. The summed E-state index contributed by atoms with van der Waals surface area (Å²) in [7, 11) is 1.28. The quantitative estimate of drug-likeness (QED) is 0.641. The van der Waals surface area contributed by atoms with Gasteiger partial charge in [-0.3, -0.25) is 0 Å². The highest BCUT2D eigenvalue weighted by Gasteiger charge is 2.35. The highest BCUT2D eigenvalue weighted by molar-refractivity contribution is 5.10. The zero-order valence-corrected chi connectivity index (χ0v) is 6.11. The van der Waals surface area contributed by atoms with Crippen LogP contribution < -0.4 is 5.73 Å². The zero-order valence-electron chi connectivity index (χ0n) is 6.11. The number of halogens is 3. The van der Waals surface area contributed by atoms with Crippen molar-refractivity contribution >= 4 is 0 Å². The molecule has 0 spiro atoms. The van der Waals surface area contributed by atoms with Gasteiger partial charge in [-0.2, -0.15) is 13.2 Å². The lowest BCUT2D eigenvalue weighted by atomic mass is 10.1. The minimum Gasteiger partial charge on any atom is -0.383 e. The number of hydrogen-bond donors (Lipinski definition) is 1. The second-order valence-corrected chi connectivity index (χ2v) is 2.08. The highest BCUT2D eigenvalue weighted by atomic mass is 19.4. The Bertz CT molecular complexity index is 143. The van der Waals surface area contributed by atoms with E-state index in [1.807, 2.05) is 0 Å². The molecule has 0 aliphatic rings. The van der Waals surface area contributed by atoms with E-state index in [4.69, 9.17) is 5.73 Å². The van der Waals surface area contributed by atoms with Crippen molar-refractivity contribution in [3.63, 3.8) is 0 Å². The molecule has 0 bridgehead atoms. The molecule has 0 amide bonds. The third-order valence-electron chi connectivity index (χ3n) is 1.16. The Morgan fingerprint density at radius 3 is 2.36 bits per heavy atom. The fourth-order valence-electron chi connectivity index (χ4n) is 0.490. The van der Waals surface area contributed by atoms with Crippen LogP contribution in [-0.2, 0) is 4.74 Å². The van der Waals surface area contributed by atoms with E-state index in [2.05, 4.69) is 11.3 Å². The number of ether oxygens (including phenoxy) is 1. The van der Waals surface area contributed by atoms with Crippen molar-refractivity contribution < 1.29 is 17.9 Å². The van der Waals surface area contributed by atoms with Crippen LogP contribution in [0.4, 0.5) is 13.2 Å². The number of rotatable bonds is 3. The van der Waals surface area contributed by atoms with Crippen LogP contribution in [0.1, 0.15) is 0 Å². The summed E-state index contributed by atoms with van der Waals surface area (Å²) in [4.78, 5) is 0. The van der Waals surface area contributed by atoms with Crippen molar-refractivity contribution in [1.29, 1.82) is 0 Å². The first-order valence-electron chi connectivity index (χ1n) is 2.90. The Hall–Kier alpha value is -0.550. The molecule has 0 aromatic heterocycles. The molecule has 2 N–H and O–H groups in total. The molecule has 0 aliphatic carbocycles. The highest BCUT2D eigenvalue weighted by Crippen LogP contribution is 2.25. The first kappa shape index (κ1) is 10.4. The van der Waals surface area contributed by atoms with Crippen molar-refractivity contribution in [1.82, 2.24) is 0 Å². The standard InChI is InChI=1S/C6H10F3NO/c1-4(6(7,8)9)5(10)3-11-2/h5H,1,3,10H2,2H3. The lowest BCUT2D eigenvalue weighted by Gasteiger charge is -2.15. The molecule has 0 aliphatic heterocycles. The molecule has 0 saturated carbocycles. The third-order valence-corrected chi connectivity index (χ3v) is 1.16. The van der Waals surface area contributed by atoms with E-state index in [0.717, 1.165) is 0 Å². The van der Waals surface area contributed by atoms with Crippen molar-refractivity contribution in [2.45, 2.75) is 12.2 Å². The maximum Gasteiger partial charge on any atom is 0.413 e. The molecule has 66 valence electrons. The van der Waals surface area contributed by atoms with Crippen molar-refractivity contribution in [3.8, 4) is 0 Å². The number of methoxy groups -OCH3 is 1. The van der Waals surface area contributed by atoms with Gasteiger partial charge in [-0.1, -0.05) is 6.58 Å². The first-order valence-corrected chi connectivity index (χ1v) is 2.90. The largest absolute Gasteiger partial charge is 0.413 e. The molecule has 11 heavy (non-hydrogen) atoms. The van der Waals surface area contributed by atoms with E-state index in [9.17, 15) is 13.2 Å². The van der Waals surface area contributed by atoms with Crippen LogP contribution >= 0.6 is 0 Å². The summed E-state index contributed by atoms with van der Waals surface area (Å²) in [5, 5.41) is 0. The van der Waals surface area contributed by atoms with Crippen LogP contribution in [0.3, 0.4) is 0 Å². The van der Waals surface area contributed by atoms with E-state index in [-0.39, 0.29) is 6.61 Å². The summed E-state index contributed by atoms with van der Waals surface area (Å²) in [6.07, 6.45) is -4.42. The second kappa shape index (κ2) is 3.73. The molecule has 0 saturated heterocycles. The van der Waals surface area contributed by atoms with Gasteiger partial charge in [0.05, 0.1) is 12.6 Å². The molecule has 0 aromatic carbocycles. The molecule has 1 unspecified atom stereocenters. The number of alkyl halides is 3. The van der Waals surface area contributed by atoms with Crippen LogP contribution in [-0.4, -0.2) is 25.9 Å². The molecule has 5 heteroatoms. The maximum atomic E-state index is 11.8. The summed E-state index contributed by atoms with van der Waals surface area (Å²) in [5.41, 5.74) is 4.11. The van der Waals surface area contributed by atoms with Crippen LogP contribution in [0.25, 0.3) is 0 Å². The monoisotopic (exact) mass is 169 g/mol. The van der Waals surface area contributed by atoms with Gasteiger partial charge in [-0.05, 0) is 0 Å². The van der Waals surface area contributed by atoms with Gasteiger partial charge >= 0.3 is 6.18 Å². The van der Waals surface area contributed by atoms with Gasteiger partial charge in [0.15, 0.2) is 0 Å². The lowest BCUT2D eigenvalue weighted by Crippen LogP contribution is -2.34. The van der Waals surface area contributed by atoms with E-state index in [1.165, 1.54) is 7.11 Å². The van der Waals surface area contributed by atoms with Crippen molar-refractivity contribution in [2.75, 3.05) is 13.7 Å². The van der Waals surface area contributed by atoms with E-state index >= 15 is 0 Å². The second-order valence-electron chi connectivity index (χ2n) is 2.08. The van der Waals surface area contributed by atoms with Gasteiger partial charge in [-0.15, -0.1) is 0 Å². The average Bonchev–Trinajstić information content (AvgIpc) is 1.85. The summed E-state index contributed by atoms with van der Waals surface area (Å²) >= 11 is 0. The summed E-state index contributed by atoms with van der Waals surface area (Å²) in [6, 6.07) is -1.17. The van der Waals surface area contributed by atoms with Crippen molar-refractivity contribution in [3.05, 3.63) is 12.2 Å². The van der Waals surface area contributed by atoms with Gasteiger partial charge in [-0.25, -0.2) is 0 Å². The molecule has 0 radical (unpaired) electrons. The Balaban J connectivity index is 4.03. The molecule has 0 aromatic rings. The Morgan fingerprint density at radius 1 is 1.64 bits per heavy atom. The molecule has 0 rings (SSSR count). The molecule has 0 fully saturated rings. The zero-order chi connectivity index (χ0) is 9.07. The van der Waals surface area contributed by atoms with Crippen LogP contribution in [0.5, 0.6) is 0 Å². The van der Waals surface area contributed by atoms with Crippen LogP contribution in [0.2, 0.25) is 0 Å². The summed E-state index contributed by atoms with van der Waals surface area (Å²) < 4.78 is 39.8. The first-order chi connectivity index (χ1) is 4.89. The van der Waals surface area contributed by atoms with E-state index in [1.54, 1.807) is 0 Å². The molecular weight excluding hydrogens is 159 g/mol. The molecule has 2 nitrogen and oxygen atoms in total. The maximum absolute atomic E-state index is 11.8.